The lowest BCUT2D eigenvalue weighted by Crippen LogP contribution is -2.22. The van der Waals surface area contributed by atoms with Gasteiger partial charge in [-0.2, -0.15) is 0 Å². The molecule has 108 valence electrons. The van der Waals surface area contributed by atoms with Crippen LogP contribution in [-0.2, 0) is 0 Å². The Morgan fingerprint density at radius 2 is 2.05 bits per heavy atom. The molecule has 0 saturated heterocycles. The molecule has 4 aromatic rings. The van der Waals surface area contributed by atoms with E-state index in [2.05, 4.69) is 20.9 Å². The first kappa shape index (κ1) is 13.5. The summed E-state index contributed by atoms with van der Waals surface area (Å²) in [7, 11) is 0. The molecule has 0 unspecified atom stereocenters. The lowest BCUT2D eigenvalue weighted by atomic mass is 10.2. The van der Waals surface area contributed by atoms with Crippen molar-refractivity contribution in [3.8, 4) is 5.75 Å². The van der Waals surface area contributed by atoms with Gasteiger partial charge in [0.2, 0.25) is 0 Å². The van der Waals surface area contributed by atoms with Crippen LogP contribution in [0.1, 0.15) is 5.56 Å². The van der Waals surface area contributed by atoms with Crippen LogP contribution in [-0.4, -0.2) is 14.5 Å². The molecule has 0 bridgehead atoms. The van der Waals surface area contributed by atoms with E-state index >= 15 is 0 Å². The van der Waals surface area contributed by atoms with Gasteiger partial charge in [0.15, 0.2) is 4.96 Å². The fourth-order valence-electron chi connectivity index (χ4n) is 2.39. The molecule has 0 aliphatic heterocycles. The number of phenols is 1. The number of aromatic hydroxyl groups is 1. The smallest absolute Gasteiger partial charge is 0.274 e. The van der Waals surface area contributed by atoms with E-state index in [9.17, 15) is 9.90 Å². The predicted octanol–water partition coefficient (Wildman–Crippen LogP) is 2.93. The summed E-state index contributed by atoms with van der Waals surface area (Å²) in [4.78, 5) is 17.7. The van der Waals surface area contributed by atoms with Crippen molar-refractivity contribution in [1.29, 1.82) is 0 Å². The molecule has 2 heterocycles. The summed E-state index contributed by atoms with van der Waals surface area (Å²) in [6.07, 6.45) is 1.69. The number of benzene rings is 2. The first-order valence-electron chi connectivity index (χ1n) is 6.54. The Balaban J connectivity index is 2.04. The molecule has 6 heteroatoms. The second-order valence-corrected chi connectivity index (χ2v) is 6.76. The minimum atomic E-state index is -0.118. The monoisotopic (exact) mass is 372 g/mol. The van der Waals surface area contributed by atoms with Crippen molar-refractivity contribution in [3.05, 3.63) is 67.4 Å². The third-order valence-electron chi connectivity index (χ3n) is 3.42. The van der Waals surface area contributed by atoms with E-state index in [1.54, 1.807) is 28.7 Å². The predicted molar refractivity (Wildman–Crippen MR) is 91.4 cm³/mol. The van der Waals surface area contributed by atoms with Crippen molar-refractivity contribution in [2.24, 2.45) is 0 Å². The maximum Gasteiger partial charge on any atom is 0.274 e. The Kier molecular flexibility index (Phi) is 3.02. The van der Waals surface area contributed by atoms with Gasteiger partial charge in [0.1, 0.15) is 5.75 Å². The number of nitrogens with zero attached hydrogens (tertiary/aromatic N) is 2. The Labute approximate surface area is 137 Å². The maximum absolute atomic E-state index is 12.6. The second-order valence-electron chi connectivity index (χ2n) is 4.84. The van der Waals surface area contributed by atoms with E-state index in [0.717, 1.165) is 15.5 Å². The Hall–Kier alpha value is -2.18. The average molecular weight is 373 g/mol. The van der Waals surface area contributed by atoms with Crippen LogP contribution in [0.25, 0.3) is 22.1 Å². The summed E-state index contributed by atoms with van der Waals surface area (Å²) in [6, 6.07) is 12.7. The average Bonchev–Trinajstić information content (AvgIpc) is 3.00. The van der Waals surface area contributed by atoms with Crippen LogP contribution in [0.5, 0.6) is 5.75 Å². The molecule has 1 N–H and O–H groups in total. The van der Waals surface area contributed by atoms with Gasteiger partial charge in [-0.05, 0) is 36.4 Å². The summed E-state index contributed by atoms with van der Waals surface area (Å²) in [6.45, 7) is 0. The van der Waals surface area contributed by atoms with Crippen molar-refractivity contribution in [2.75, 3.05) is 0 Å². The molecular formula is C16H9BrN2O2S. The number of phenolic OH excluding ortho intramolecular Hbond substituents is 1. The van der Waals surface area contributed by atoms with E-state index in [-0.39, 0.29) is 11.3 Å². The van der Waals surface area contributed by atoms with Crippen LogP contribution >= 0.6 is 27.3 Å². The van der Waals surface area contributed by atoms with Crippen LogP contribution in [0, 0.1) is 0 Å². The molecule has 0 aliphatic rings. The largest absolute Gasteiger partial charge is 0.507 e. The van der Waals surface area contributed by atoms with Crippen molar-refractivity contribution in [1.82, 2.24) is 9.38 Å². The van der Waals surface area contributed by atoms with Crippen LogP contribution in [0.15, 0.2) is 51.7 Å². The molecule has 22 heavy (non-hydrogen) atoms. The molecular weight excluding hydrogens is 364 g/mol. The Morgan fingerprint density at radius 3 is 2.91 bits per heavy atom. The van der Waals surface area contributed by atoms with E-state index in [4.69, 9.17) is 0 Å². The number of fused-ring (bicyclic) bond motifs is 3. The highest BCUT2D eigenvalue weighted by molar-refractivity contribution is 9.10. The Bertz CT molecular complexity index is 1130. The molecule has 0 aliphatic carbocycles. The summed E-state index contributed by atoms with van der Waals surface area (Å²) in [5, 5.41) is 9.91. The van der Waals surface area contributed by atoms with E-state index in [1.165, 1.54) is 11.3 Å². The van der Waals surface area contributed by atoms with Crippen molar-refractivity contribution in [3.63, 3.8) is 0 Å². The van der Waals surface area contributed by atoms with Gasteiger partial charge in [0.05, 0.1) is 15.6 Å². The topological polar surface area (TPSA) is 54.6 Å². The fourth-order valence-corrected chi connectivity index (χ4v) is 3.75. The van der Waals surface area contributed by atoms with E-state index < -0.39 is 0 Å². The minimum Gasteiger partial charge on any atom is -0.507 e. The zero-order valence-corrected chi connectivity index (χ0v) is 13.6. The second kappa shape index (κ2) is 4.93. The molecule has 2 aromatic heterocycles. The molecule has 2 aromatic carbocycles. The quantitative estimate of drug-likeness (QED) is 0.558. The molecule has 4 nitrogen and oxygen atoms in total. The van der Waals surface area contributed by atoms with Gasteiger partial charge < -0.3 is 5.11 Å². The van der Waals surface area contributed by atoms with Gasteiger partial charge in [-0.15, -0.1) is 0 Å². The van der Waals surface area contributed by atoms with Crippen LogP contribution < -0.4 is 10.1 Å². The highest BCUT2D eigenvalue weighted by Crippen LogP contribution is 2.22. The normalized spacial score (nSPS) is 12.5. The summed E-state index contributed by atoms with van der Waals surface area (Å²) >= 11 is 4.68. The number of hydrogen-bond donors (Lipinski definition) is 1. The van der Waals surface area contributed by atoms with Gasteiger partial charge in [-0.3, -0.25) is 4.79 Å². The zero-order chi connectivity index (χ0) is 15.3. The van der Waals surface area contributed by atoms with Gasteiger partial charge >= 0.3 is 0 Å². The molecule has 0 radical (unpaired) electrons. The van der Waals surface area contributed by atoms with Crippen LogP contribution in [0.2, 0.25) is 0 Å². The van der Waals surface area contributed by atoms with Gasteiger partial charge in [0.25, 0.3) is 5.56 Å². The lowest BCUT2D eigenvalue weighted by molar-refractivity contribution is 0.474. The van der Waals surface area contributed by atoms with Crippen LogP contribution in [0.4, 0.5) is 0 Å². The molecule has 0 saturated carbocycles. The van der Waals surface area contributed by atoms with Crippen LogP contribution in [0.3, 0.4) is 0 Å². The first-order valence-corrected chi connectivity index (χ1v) is 8.15. The number of thiazole rings is 1. The zero-order valence-electron chi connectivity index (χ0n) is 11.2. The number of imidazole rings is 1. The first-order chi connectivity index (χ1) is 10.6. The Morgan fingerprint density at radius 1 is 1.23 bits per heavy atom. The van der Waals surface area contributed by atoms with Gasteiger partial charge in [-0.25, -0.2) is 9.38 Å². The van der Waals surface area contributed by atoms with E-state index in [1.807, 2.05) is 24.3 Å². The summed E-state index contributed by atoms with van der Waals surface area (Å²) < 4.78 is 3.00. The van der Waals surface area contributed by atoms with Gasteiger partial charge in [-0.1, -0.05) is 39.4 Å². The van der Waals surface area contributed by atoms with Crippen molar-refractivity contribution in [2.45, 2.75) is 0 Å². The number of rotatable bonds is 1. The molecule has 0 amide bonds. The third-order valence-corrected chi connectivity index (χ3v) is 4.88. The van der Waals surface area contributed by atoms with Crippen molar-refractivity contribution >= 4 is 49.3 Å². The molecule has 0 atom stereocenters. The van der Waals surface area contributed by atoms with Crippen molar-refractivity contribution < 1.29 is 5.11 Å². The number of para-hydroxylation sites is 2. The molecule has 4 rings (SSSR count). The van der Waals surface area contributed by atoms with E-state index in [0.29, 0.717) is 15.1 Å². The molecule has 0 spiro atoms. The molecule has 0 fully saturated rings. The lowest BCUT2D eigenvalue weighted by Gasteiger charge is -1.98. The SMILES string of the molecule is O=c1c(=Cc2cc(Br)ccc2O)sc2nc3ccccc3n12. The summed E-state index contributed by atoms with van der Waals surface area (Å²) in [5.74, 6) is 0.137. The number of halogens is 1. The summed E-state index contributed by atoms with van der Waals surface area (Å²) in [5.41, 5.74) is 2.09. The standard InChI is InChI=1S/C16H9BrN2O2S/c17-10-5-6-13(20)9(7-10)8-14-15(21)19-12-4-2-1-3-11(12)18-16(19)22-14/h1-8,20H. The number of hydrogen-bond acceptors (Lipinski definition) is 4. The third kappa shape index (κ3) is 2.03. The maximum atomic E-state index is 12.6. The fraction of sp³-hybridized carbons (Fsp3) is 0. The number of aromatic nitrogens is 2. The minimum absolute atomic E-state index is 0.118. The van der Waals surface area contributed by atoms with Gasteiger partial charge in [0, 0.05) is 10.0 Å². The highest BCUT2D eigenvalue weighted by atomic mass is 79.9. The highest BCUT2D eigenvalue weighted by Gasteiger charge is 2.10.